The third-order valence-corrected chi connectivity index (χ3v) is 2.95. The van der Waals surface area contributed by atoms with Gasteiger partial charge in [-0.05, 0) is 61.6 Å². The highest BCUT2D eigenvalue weighted by atomic mass is 32.1. The predicted molar refractivity (Wildman–Crippen MR) is 73.7 cm³/mol. The monoisotopic (exact) mass is 238 g/mol. The number of aryl methyl sites for hydroxylation is 2. The van der Waals surface area contributed by atoms with Gasteiger partial charge >= 0.3 is 0 Å². The summed E-state index contributed by atoms with van der Waals surface area (Å²) in [6, 6.07) is 6.35. The summed E-state index contributed by atoms with van der Waals surface area (Å²) in [7, 11) is 0. The largest absolute Gasteiger partial charge is 0.494 e. The summed E-state index contributed by atoms with van der Waals surface area (Å²) in [6.07, 6.45) is 2.27. The second kappa shape index (κ2) is 6.85. The van der Waals surface area contributed by atoms with Gasteiger partial charge < -0.3 is 4.74 Å². The fourth-order valence-electron chi connectivity index (χ4n) is 1.76. The lowest BCUT2D eigenvalue weighted by atomic mass is 10.1. The molecule has 0 radical (unpaired) electrons. The zero-order valence-electron chi connectivity index (χ0n) is 10.5. The van der Waals surface area contributed by atoms with E-state index in [-0.39, 0.29) is 0 Å². The Morgan fingerprint density at radius 1 is 1.12 bits per heavy atom. The van der Waals surface area contributed by atoms with Crippen molar-refractivity contribution < 1.29 is 4.74 Å². The third kappa shape index (κ3) is 4.93. The van der Waals surface area contributed by atoms with Gasteiger partial charge in [-0.3, -0.25) is 0 Å². The van der Waals surface area contributed by atoms with E-state index >= 15 is 0 Å². The Morgan fingerprint density at radius 2 is 1.75 bits per heavy atom. The summed E-state index contributed by atoms with van der Waals surface area (Å²) in [4.78, 5) is 0. The molecule has 0 saturated carbocycles. The molecule has 2 heteroatoms. The summed E-state index contributed by atoms with van der Waals surface area (Å²) in [6.45, 7) is 7.26. The van der Waals surface area contributed by atoms with Gasteiger partial charge in [-0.1, -0.05) is 13.0 Å². The number of benzene rings is 1. The van der Waals surface area contributed by atoms with Crippen LogP contribution in [0.3, 0.4) is 0 Å². The van der Waals surface area contributed by atoms with Crippen LogP contribution < -0.4 is 4.74 Å². The summed E-state index contributed by atoms with van der Waals surface area (Å²) in [5.41, 5.74) is 2.52. The summed E-state index contributed by atoms with van der Waals surface area (Å²) in [5, 5.41) is 0. The van der Waals surface area contributed by atoms with Gasteiger partial charge in [0, 0.05) is 0 Å². The highest BCUT2D eigenvalue weighted by molar-refractivity contribution is 7.80. The van der Waals surface area contributed by atoms with Crippen LogP contribution in [0.15, 0.2) is 18.2 Å². The van der Waals surface area contributed by atoms with E-state index in [9.17, 15) is 0 Å². The number of thiol groups is 1. The molecule has 0 aliphatic rings. The van der Waals surface area contributed by atoms with Crippen molar-refractivity contribution in [2.45, 2.75) is 33.6 Å². The second-order valence-electron chi connectivity index (χ2n) is 4.58. The topological polar surface area (TPSA) is 9.23 Å². The molecular formula is C14H22OS. The quantitative estimate of drug-likeness (QED) is 0.736. The molecule has 0 aliphatic heterocycles. The van der Waals surface area contributed by atoms with Crippen molar-refractivity contribution in [3.05, 3.63) is 29.3 Å². The molecule has 1 nitrogen and oxygen atoms in total. The lowest BCUT2D eigenvalue weighted by Gasteiger charge is -2.12. The molecule has 1 rings (SSSR count). The SMILES string of the molecule is Cc1cc(C)cc(OCCC(C)CCS)c1. The van der Waals surface area contributed by atoms with Gasteiger partial charge in [-0.2, -0.15) is 12.6 Å². The van der Waals surface area contributed by atoms with Gasteiger partial charge in [0.15, 0.2) is 0 Å². The van der Waals surface area contributed by atoms with Crippen molar-refractivity contribution >= 4 is 12.6 Å². The minimum atomic E-state index is 0.698. The Balaban J connectivity index is 2.37. The van der Waals surface area contributed by atoms with Crippen molar-refractivity contribution in [1.82, 2.24) is 0 Å². The molecule has 0 bridgehead atoms. The van der Waals surface area contributed by atoms with E-state index in [4.69, 9.17) is 4.74 Å². The number of rotatable bonds is 6. The van der Waals surface area contributed by atoms with Crippen molar-refractivity contribution in [3.63, 3.8) is 0 Å². The first kappa shape index (κ1) is 13.4. The van der Waals surface area contributed by atoms with Gasteiger partial charge in [-0.15, -0.1) is 0 Å². The average Bonchev–Trinajstić information content (AvgIpc) is 2.16. The third-order valence-electron chi connectivity index (χ3n) is 2.70. The molecule has 90 valence electrons. The highest BCUT2D eigenvalue weighted by Crippen LogP contribution is 2.17. The number of hydrogen-bond acceptors (Lipinski definition) is 2. The summed E-state index contributed by atoms with van der Waals surface area (Å²) < 4.78 is 5.76. The molecule has 0 aromatic heterocycles. The summed E-state index contributed by atoms with van der Waals surface area (Å²) >= 11 is 4.24. The summed E-state index contributed by atoms with van der Waals surface area (Å²) in [5.74, 6) is 2.66. The lowest BCUT2D eigenvalue weighted by molar-refractivity contribution is 0.282. The van der Waals surface area contributed by atoms with Crippen LogP contribution in [0.5, 0.6) is 5.75 Å². The molecule has 0 aliphatic carbocycles. The van der Waals surface area contributed by atoms with E-state index in [1.165, 1.54) is 17.5 Å². The van der Waals surface area contributed by atoms with E-state index in [0.717, 1.165) is 24.5 Å². The molecule has 1 unspecified atom stereocenters. The van der Waals surface area contributed by atoms with E-state index < -0.39 is 0 Å². The Kier molecular flexibility index (Phi) is 5.75. The Labute approximate surface area is 105 Å². The molecule has 0 saturated heterocycles. The number of hydrogen-bond donors (Lipinski definition) is 1. The van der Waals surface area contributed by atoms with Crippen molar-refractivity contribution in [2.24, 2.45) is 5.92 Å². The standard InChI is InChI=1S/C14H22OS/c1-11(5-7-16)4-6-15-14-9-12(2)8-13(3)10-14/h8-11,16H,4-7H2,1-3H3. The molecule has 0 fully saturated rings. The zero-order chi connectivity index (χ0) is 12.0. The highest BCUT2D eigenvalue weighted by Gasteiger charge is 2.02. The number of ether oxygens (including phenoxy) is 1. The van der Waals surface area contributed by atoms with Gasteiger partial charge in [0.05, 0.1) is 6.61 Å². The molecule has 1 aromatic rings. The Morgan fingerprint density at radius 3 is 2.31 bits per heavy atom. The minimum Gasteiger partial charge on any atom is -0.494 e. The maximum absolute atomic E-state index is 5.76. The first-order valence-corrected chi connectivity index (χ1v) is 6.57. The smallest absolute Gasteiger partial charge is 0.119 e. The maximum Gasteiger partial charge on any atom is 0.119 e. The average molecular weight is 238 g/mol. The van der Waals surface area contributed by atoms with E-state index in [0.29, 0.717) is 5.92 Å². The van der Waals surface area contributed by atoms with Crippen LogP contribution in [-0.2, 0) is 0 Å². The van der Waals surface area contributed by atoms with E-state index in [2.05, 4.69) is 51.6 Å². The minimum absolute atomic E-state index is 0.698. The van der Waals surface area contributed by atoms with Crippen LogP contribution in [0.4, 0.5) is 0 Å². The van der Waals surface area contributed by atoms with E-state index in [1.807, 2.05) is 0 Å². The fourth-order valence-corrected chi connectivity index (χ4v) is 2.20. The van der Waals surface area contributed by atoms with Crippen LogP contribution in [0.2, 0.25) is 0 Å². The van der Waals surface area contributed by atoms with Crippen LogP contribution in [0.25, 0.3) is 0 Å². The van der Waals surface area contributed by atoms with Crippen LogP contribution >= 0.6 is 12.6 Å². The molecule has 16 heavy (non-hydrogen) atoms. The molecule has 0 amide bonds. The molecular weight excluding hydrogens is 216 g/mol. The normalized spacial score (nSPS) is 12.5. The van der Waals surface area contributed by atoms with Crippen LogP contribution in [0.1, 0.15) is 30.9 Å². The Bertz CT molecular complexity index is 302. The first-order chi connectivity index (χ1) is 7.61. The zero-order valence-corrected chi connectivity index (χ0v) is 11.4. The van der Waals surface area contributed by atoms with Gasteiger partial charge in [0.25, 0.3) is 0 Å². The second-order valence-corrected chi connectivity index (χ2v) is 5.03. The van der Waals surface area contributed by atoms with Crippen molar-refractivity contribution in [3.8, 4) is 5.75 Å². The van der Waals surface area contributed by atoms with Gasteiger partial charge in [0.2, 0.25) is 0 Å². The van der Waals surface area contributed by atoms with Gasteiger partial charge in [-0.25, -0.2) is 0 Å². The predicted octanol–water partition coefficient (Wildman–Crippen LogP) is 4.03. The Hall–Kier alpha value is -0.630. The fraction of sp³-hybridized carbons (Fsp3) is 0.571. The van der Waals surface area contributed by atoms with Crippen molar-refractivity contribution in [2.75, 3.05) is 12.4 Å². The molecule has 0 N–H and O–H groups in total. The van der Waals surface area contributed by atoms with Crippen molar-refractivity contribution in [1.29, 1.82) is 0 Å². The van der Waals surface area contributed by atoms with Crippen LogP contribution in [-0.4, -0.2) is 12.4 Å². The first-order valence-electron chi connectivity index (χ1n) is 5.93. The van der Waals surface area contributed by atoms with Crippen LogP contribution in [0, 0.1) is 19.8 Å². The molecule has 0 heterocycles. The lowest BCUT2D eigenvalue weighted by Crippen LogP contribution is -2.05. The molecule has 1 aromatic carbocycles. The maximum atomic E-state index is 5.76. The molecule has 0 spiro atoms. The molecule has 1 atom stereocenters. The van der Waals surface area contributed by atoms with Gasteiger partial charge in [0.1, 0.15) is 5.75 Å². The van der Waals surface area contributed by atoms with E-state index in [1.54, 1.807) is 0 Å².